The standard InChI is InChI=1S/C14H24N2O2S/c1-4-9-14(18)16(10(5-2)13(17)15-9)11-7-6-8-12(11)19-3/h9-12H,4-8H2,1-3H3,(H,15,17). The molecule has 0 spiro atoms. The predicted octanol–water partition coefficient (Wildman–Crippen LogP) is 1.79. The van der Waals surface area contributed by atoms with Gasteiger partial charge in [-0.25, -0.2) is 0 Å². The van der Waals surface area contributed by atoms with Crippen molar-refractivity contribution in [1.29, 1.82) is 0 Å². The molecule has 4 atom stereocenters. The Labute approximate surface area is 119 Å². The molecule has 0 aromatic carbocycles. The van der Waals surface area contributed by atoms with Crippen LogP contribution in [-0.4, -0.2) is 46.3 Å². The Kier molecular flexibility index (Phi) is 4.76. The largest absolute Gasteiger partial charge is 0.343 e. The molecule has 0 bridgehead atoms. The van der Waals surface area contributed by atoms with E-state index in [2.05, 4.69) is 11.6 Å². The summed E-state index contributed by atoms with van der Waals surface area (Å²) < 4.78 is 0. The second kappa shape index (κ2) is 6.16. The van der Waals surface area contributed by atoms with E-state index in [1.165, 1.54) is 0 Å². The first kappa shape index (κ1) is 14.7. The highest BCUT2D eigenvalue weighted by Crippen LogP contribution is 2.35. The summed E-state index contributed by atoms with van der Waals surface area (Å²) in [6, 6.07) is -0.348. The van der Waals surface area contributed by atoms with Crippen molar-refractivity contribution in [3.63, 3.8) is 0 Å². The maximum Gasteiger partial charge on any atom is 0.246 e. The fourth-order valence-electron chi connectivity index (χ4n) is 3.34. The number of amides is 2. The number of piperazine rings is 1. The van der Waals surface area contributed by atoms with Crippen LogP contribution < -0.4 is 5.32 Å². The summed E-state index contributed by atoms with van der Waals surface area (Å²) in [5, 5.41) is 3.35. The Morgan fingerprint density at radius 1 is 1.26 bits per heavy atom. The smallest absolute Gasteiger partial charge is 0.246 e. The Balaban J connectivity index is 2.26. The maximum atomic E-state index is 12.6. The lowest BCUT2D eigenvalue weighted by molar-refractivity contribution is -0.152. The minimum atomic E-state index is -0.321. The minimum Gasteiger partial charge on any atom is -0.343 e. The van der Waals surface area contributed by atoms with Crippen molar-refractivity contribution in [3.05, 3.63) is 0 Å². The highest BCUT2D eigenvalue weighted by molar-refractivity contribution is 7.99. The quantitative estimate of drug-likeness (QED) is 0.856. The van der Waals surface area contributed by atoms with E-state index in [0.29, 0.717) is 18.1 Å². The summed E-state index contributed by atoms with van der Waals surface area (Å²) in [5.41, 5.74) is 0. The summed E-state index contributed by atoms with van der Waals surface area (Å²) in [6.45, 7) is 3.94. The minimum absolute atomic E-state index is 0.0284. The molecule has 0 radical (unpaired) electrons. The van der Waals surface area contributed by atoms with Gasteiger partial charge in [-0.3, -0.25) is 9.59 Å². The molecule has 1 heterocycles. The van der Waals surface area contributed by atoms with E-state index < -0.39 is 0 Å². The van der Waals surface area contributed by atoms with Crippen LogP contribution >= 0.6 is 11.8 Å². The van der Waals surface area contributed by atoms with Crippen molar-refractivity contribution in [2.45, 2.75) is 69.3 Å². The average molecular weight is 284 g/mol. The normalized spacial score (nSPS) is 35.6. The van der Waals surface area contributed by atoms with E-state index >= 15 is 0 Å². The zero-order chi connectivity index (χ0) is 14.0. The fourth-order valence-corrected chi connectivity index (χ4v) is 4.33. The zero-order valence-corrected chi connectivity index (χ0v) is 12.8. The number of carbonyl (C=O) groups is 2. The molecule has 0 aromatic heterocycles. The third-order valence-corrected chi connectivity index (χ3v) is 5.54. The molecule has 1 aliphatic carbocycles. The molecule has 2 rings (SSSR count). The van der Waals surface area contributed by atoms with Gasteiger partial charge in [0.25, 0.3) is 0 Å². The molecule has 5 heteroatoms. The topological polar surface area (TPSA) is 49.4 Å². The third kappa shape index (κ3) is 2.62. The molecule has 2 fully saturated rings. The van der Waals surface area contributed by atoms with Crippen molar-refractivity contribution in [2.24, 2.45) is 0 Å². The lowest BCUT2D eigenvalue weighted by atomic mass is 10.00. The fraction of sp³-hybridized carbons (Fsp3) is 0.857. The number of hydrogen-bond acceptors (Lipinski definition) is 3. The lowest BCUT2D eigenvalue weighted by Gasteiger charge is -2.43. The number of thioether (sulfide) groups is 1. The summed E-state index contributed by atoms with van der Waals surface area (Å²) in [5.74, 6) is 0.153. The molecule has 1 aliphatic heterocycles. The van der Waals surface area contributed by atoms with Gasteiger partial charge in [-0.15, -0.1) is 0 Å². The highest BCUT2D eigenvalue weighted by Gasteiger charge is 2.45. The number of hydrogen-bond donors (Lipinski definition) is 1. The van der Waals surface area contributed by atoms with Gasteiger partial charge in [-0.05, 0) is 31.9 Å². The van der Waals surface area contributed by atoms with E-state index in [-0.39, 0.29) is 29.9 Å². The van der Waals surface area contributed by atoms with E-state index in [1.54, 1.807) is 0 Å². The van der Waals surface area contributed by atoms with Crippen molar-refractivity contribution >= 4 is 23.6 Å². The van der Waals surface area contributed by atoms with E-state index in [9.17, 15) is 9.59 Å². The molecule has 1 saturated carbocycles. The monoisotopic (exact) mass is 284 g/mol. The summed E-state index contributed by atoms with van der Waals surface area (Å²) in [7, 11) is 0. The van der Waals surface area contributed by atoms with Crippen molar-refractivity contribution in [2.75, 3.05) is 6.26 Å². The maximum absolute atomic E-state index is 12.6. The first-order chi connectivity index (χ1) is 9.13. The number of rotatable bonds is 4. The molecule has 1 N–H and O–H groups in total. The number of carbonyl (C=O) groups excluding carboxylic acids is 2. The first-order valence-electron chi connectivity index (χ1n) is 7.29. The van der Waals surface area contributed by atoms with Gasteiger partial charge in [0, 0.05) is 11.3 Å². The van der Waals surface area contributed by atoms with Crippen LogP contribution in [0.1, 0.15) is 46.0 Å². The van der Waals surface area contributed by atoms with Gasteiger partial charge in [0.2, 0.25) is 11.8 Å². The van der Waals surface area contributed by atoms with E-state index in [4.69, 9.17) is 0 Å². The Morgan fingerprint density at radius 2 is 2.00 bits per heavy atom. The highest BCUT2D eigenvalue weighted by atomic mass is 32.2. The first-order valence-corrected chi connectivity index (χ1v) is 8.58. The molecule has 0 aromatic rings. The summed E-state index contributed by atoms with van der Waals surface area (Å²) >= 11 is 1.83. The van der Waals surface area contributed by atoms with Crippen LogP contribution in [0.2, 0.25) is 0 Å². The van der Waals surface area contributed by atoms with Crippen LogP contribution in [0.15, 0.2) is 0 Å². The molecule has 4 unspecified atom stereocenters. The summed E-state index contributed by atoms with van der Waals surface area (Å²) in [4.78, 5) is 26.7. The van der Waals surface area contributed by atoms with Crippen molar-refractivity contribution in [3.8, 4) is 0 Å². The van der Waals surface area contributed by atoms with Crippen LogP contribution in [0.3, 0.4) is 0 Å². The Morgan fingerprint density at radius 3 is 2.58 bits per heavy atom. The molecule has 2 aliphatic rings. The Hall–Kier alpha value is -0.710. The second-order valence-electron chi connectivity index (χ2n) is 5.41. The van der Waals surface area contributed by atoms with E-state index in [0.717, 1.165) is 19.3 Å². The van der Waals surface area contributed by atoms with Crippen LogP contribution in [0, 0.1) is 0 Å². The predicted molar refractivity (Wildman–Crippen MR) is 78.1 cm³/mol. The lowest BCUT2D eigenvalue weighted by Crippen LogP contribution is -2.66. The molecule has 4 nitrogen and oxygen atoms in total. The van der Waals surface area contributed by atoms with Gasteiger partial charge in [0.05, 0.1) is 0 Å². The zero-order valence-electron chi connectivity index (χ0n) is 12.0. The molecular weight excluding hydrogens is 260 g/mol. The number of nitrogens with zero attached hydrogens (tertiary/aromatic N) is 1. The van der Waals surface area contributed by atoms with Crippen LogP contribution in [0.25, 0.3) is 0 Å². The average Bonchev–Trinajstić information content (AvgIpc) is 2.88. The second-order valence-corrected chi connectivity index (χ2v) is 6.49. The summed E-state index contributed by atoms with van der Waals surface area (Å²) in [6.07, 6.45) is 6.84. The van der Waals surface area contributed by atoms with Gasteiger partial charge in [-0.1, -0.05) is 20.3 Å². The Bertz CT molecular complexity index is 361. The van der Waals surface area contributed by atoms with Crippen molar-refractivity contribution in [1.82, 2.24) is 10.2 Å². The van der Waals surface area contributed by atoms with Gasteiger partial charge < -0.3 is 10.2 Å². The molecule has 108 valence electrons. The van der Waals surface area contributed by atoms with Gasteiger partial charge in [-0.2, -0.15) is 11.8 Å². The van der Waals surface area contributed by atoms with E-state index in [1.807, 2.05) is 30.5 Å². The SMILES string of the molecule is CCC1NC(=O)C(CC)N(C2CCCC2SC)C1=O. The van der Waals surface area contributed by atoms with Crippen LogP contribution in [0.4, 0.5) is 0 Å². The third-order valence-electron chi connectivity index (χ3n) is 4.38. The van der Waals surface area contributed by atoms with Crippen LogP contribution in [0.5, 0.6) is 0 Å². The van der Waals surface area contributed by atoms with Gasteiger partial charge in [0.1, 0.15) is 12.1 Å². The van der Waals surface area contributed by atoms with Crippen molar-refractivity contribution < 1.29 is 9.59 Å². The van der Waals surface area contributed by atoms with Gasteiger partial charge in [0.15, 0.2) is 0 Å². The molecule has 1 saturated heterocycles. The molecular formula is C14H24N2O2S. The molecule has 2 amide bonds. The molecule has 19 heavy (non-hydrogen) atoms. The van der Waals surface area contributed by atoms with Crippen LogP contribution in [-0.2, 0) is 9.59 Å². The number of nitrogens with one attached hydrogen (secondary N) is 1. The van der Waals surface area contributed by atoms with Gasteiger partial charge >= 0.3 is 0 Å².